The smallest absolute Gasteiger partial charge is 0.303 e. The third kappa shape index (κ3) is 4.09. The van der Waals surface area contributed by atoms with Crippen LogP contribution in [0, 0.1) is 23.2 Å². The van der Waals surface area contributed by atoms with E-state index in [-0.39, 0.29) is 30.1 Å². The zero-order valence-electron chi connectivity index (χ0n) is 14.3. The van der Waals surface area contributed by atoms with Gasteiger partial charge in [-0.2, -0.15) is 5.26 Å². The topological polar surface area (TPSA) is 90.2 Å². The predicted octanol–water partition coefficient (Wildman–Crippen LogP) is 3.78. The number of hydrogen-bond acceptors (Lipinski definition) is 3. The highest BCUT2D eigenvalue weighted by atomic mass is 16.4. The van der Waals surface area contributed by atoms with Crippen LogP contribution in [-0.4, -0.2) is 17.0 Å². The maximum Gasteiger partial charge on any atom is 0.303 e. The second-order valence-corrected chi connectivity index (χ2v) is 6.72. The highest BCUT2D eigenvalue weighted by Crippen LogP contribution is 2.37. The molecule has 0 aromatic heterocycles. The van der Waals surface area contributed by atoms with Gasteiger partial charge in [-0.25, -0.2) is 0 Å². The lowest BCUT2D eigenvalue weighted by molar-refractivity contribution is -0.140. The molecule has 2 aromatic rings. The molecule has 5 heteroatoms. The van der Waals surface area contributed by atoms with Gasteiger partial charge in [-0.3, -0.25) is 9.59 Å². The summed E-state index contributed by atoms with van der Waals surface area (Å²) in [4.78, 5) is 22.9. The van der Waals surface area contributed by atoms with Crippen molar-refractivity contribution < 1.29 is 14.7 Å². The summed E-state index contributed by atoms with van der Waals surface area (Å²) in [5, 5.41) is 21.1. The number of nitriles is 1. The number of carbonyl (C=O) groups is 2. The monoisotopic (exact) mass is 348 g/mol. The van der Waals surface area contributed by atoms with Crippen molar-refractivity contribution in [3.05, 3.63) is 65.7 Å². The van der Waals surface area contributed by atoms with E-state index in [1.165, 1.54) is 0 Å². The number of carboxylic acids is 1. The molecule has 26 heavy (non-hydrogen) atoms. The van der Waals surface area contributed by atoms with Gasteiger partial charge in [-0.15, -0.1) is 0 Å². The van der Waals surface area contributed by atoms with Gasteiger partial charge >= 0.3 is 5.97 Å². The van der Waals surface area contributed by atoms with E-state index in [1.807, 2.05) is 42.5 Å². The molecule has 0 bridgehead atoms. The van der Waals surface area contributed by atoms with Crippen LogP contribution in [0.4, 0.5) is 5.69 Å². The van der Waals surface area contributed by atoms with Crippen LogP contribution in [0.3, 0.4) is 0 Å². The number of benzene rings is 2. The molecule has 1 aliphatic carbocycles. The van der Waals surface area contributed by atoms with E-state index in [1.54, 1.807) is 12.1 Å². The van der Waals surface area contributed by atoms with Crippen LogP contribution >= 0.6 is 0 Å². The van der Waals surface area contributed by atoms with Crippen molar-refractivity contribution >= 4 is 17.6 Å². The number of rotatable bonds is 6. The molecule has 2 aromatic carbocycles. The molecule has 132 valence electrons. The number of nitrogens with one attached hydrogen (secondary N) is 1. The number of anilines is 1. The van der Waals surface area contributed by atoms with E-state index >= 15 is 0 Å². The lowest BCUT2D eigenvalue weighted by Gasteiger charge is -2.33. The van der Waals surface area contributed by atoms with Gasteiger partial charge in [-0.05, 0) is 42.0 Å². The molecule has 0 radical (unpaired) electrons. The van der Waals surface area contributed by atoms with E-state index < -0.39 is 5.97 Å². The Labute approximate surface area is 152 Å². The first-order valence-electron chi connectivity index (χ1n) is 8.64. The molecule has 0 aliphatic heterocycles. The summed E-state index contributed by atoms with van der Waals surface area (Å²) in [7, 11) is 0. The van der Waals surface area contributed by atoms with Crippen molar-refractivity contribution in [3.63, 3.8) is 0 Å². The first-order chi connectivity index (χ1) is 12.6. The average Bonchev–Trinajstić information content (AvgIpc) is 2.60. The zero-order valence-corrected chi connectivity index (χ0v) is 14.3. The summed E-state index contributed by atoms with van der Waals surface area (Å²) in [6, 6.07) is 19.2. The molecule has 1 amide bonds. The van der Waals surface area contributed by atoms with Crippen molar-refractivity contribution in [2.75, 3.05) is 5.32 Å². The second kappa shape index (κ2) is 7.83. The lowest BCUT2D eigenvalue weighted by atomic mass is 9.73. The van der Waals surface area contributed by atoms with Crippen molar-refractivity contribution in [1.29, 1.82) is 5.26 Å². The number of carboxylic acid groups (broad SMARTS) is 1. The summed E-state index contributed by atoms with van der Waals surface area (Å²) >= 11 is 0. The number of amides is 1. The molecule has 1 atom stereocenters. The molecule has 0 saturated heterocycles. The molecule has 0 spiro atoms. The minimum absolute atomic E-state index is 0.0701. The third-order valence-electron chi connectivity index (χ3n) is 4.84. The SMILES string of the molecule is N#CC(c1ccccc1)c1ccc(NC(=O)C2CC(CC(=O)O)C2)cc1. The Morgan fingerprint density at radius 1 is 1.08 bits per heavy atom. The minimum Gasteiger partial charge on any atom is -0.481 e. The molecule has 1 saturated carbocycles. The third-order valence-corrected chi connectivity index (χ3v) is 4.84. The highest BCUT2D eigenvalue weighted by Gasteiger charge is 2.35. The fraction of sp³-hybridized carbons (Fsp3) is 0.286. The average molecular weight is 348 g/mol. The quantitative estimate of drug-likeness (QED) is 0.831. The number of hydrogen-bond donors (Lipinski definition) is 2. The standard InChI is InChI=1S/C21H20N2O3/c22-13-19(15-4-2-1-3-5-15)16-6-8-18(9-7-16)23-21(26)17-10-14(11-17)12-20(24)25/h1-9,14,17,19H,10-12H2,(H,23,26)(H,24,25). The highest BCUT2D eigenvalue weighted by molar-refractivity contribution is 5.93. The molecule has 1 aliphatic rings. The van der Waals surface area contributed by atoms with E-state index in [9.17, 15) is 14.9 Å². The molecule has 1 fully saturated rings. The van der Waals surface area contributed by atoms with E-state index in [0.29, 0.717) is 18.5 Å². The molecule has 0 heterocycles. The van der Waals surface area contributed by atoms with Crippen LogP contribution in [0.2, 0.25) is 0 Å². The zero-order chi connectivity index (χ0) is 18.5. The van der Waals surface area contributed by atoms with E-state index in [4.69, 9.17) is 5.11 Å². The number of aliphatic carboxylic acids is 1. The normalized spacial score (nSPS) is 19.7. The minimum atomic E-state index is -0.810. The van der Waals surface area contributed by atoms with Gasteiger partial charge in [0, 0.05) is 18.0 Å². The van der Waals surface area contributed by atoms with Gasteiger partial charge in [0.15, 0.2) is 0 Å². The van der Waals surface area contributed by atoms with Crippen LogP contribution < -0.4 is 5.32 Å². The summed E-state index contributed by atoms with van der Waals surface area (Å²) in [6.45, 7) is 0. The van der Waals surface area contributed by atoms with Gasteiger partial charge in [0.2, 0.25) is 5.91 Å². The Hall–Kier alpha value is -3.13. The maximum atomic E-state index is 12.2. The van der Waals surface area contributed by atoms with Gasteiger partial charge in [-0.1, -0.05) is 42.5 Å². The fourth-order valence-corrected chi connectivity index (χ4v) is 3.35. The molecular formula is C21H20N2O3. The van der Waals surface area contributed by atoms with E-state index in [0.717, 1.165) is 11.1 Å². The fourth-order valence-electron chi connectivity index (χ4n) is 3.35. The first-order valence-corrected chi connectivity index (χ1v) is 8.64. The van der Waals surface area contributed by atoms with Crippen molar-refractivity contribution in [2.24, 2.45) is 11.8 Å². The Bertz CT molecular complexity index is 819. The molecule has 3 rings (SSSR count). The Balaban J connectivity index is 1.59. The lowest BCUT2D eigenvalue weighted by Crippen LogP contribution is -2.35. The number of nitrogens with zero attached hydrogens (tertiary/aromatic N) is 1. The van der Waals surface area contributed by atoms with E-state index in [2.05, 4.69) is 11.4 Å². The molecule has 1 unspecified atom stereocenters. The van der Waals surface area contributed by atoms with Gasteiger partial charge < -0.3 is 10.4 Å². The van der Waals surface area contributed by atoms with Crippen LogP contribution in [-0.2, 0) is 9.59 Å². The molecular weight excluding hydrogens is 328 g/mol. The molecule has 5 nitrogen and oxygen atoms in total. The van der Waals surface area contributed by atoms with Crippen LogP contribution in [0.15, 0.2) is 54.6 Å². The summed E-state index contributed by atoms with van der Waals surface area (Å²) in [6.07, 6.45) is 1.38. The largest absolute Gasteiger partial charge is 0.481 e. The van der Waals surface area contributed by atoms with Crippen LogP contribution in [0.5, 0.6) is 0 Å². The summed E-state index contributed by atoms with van der Waals surface area (Å²) in [5.74, 6) is -1.23. The van der Waals surface area contributed by atoms with Crippen molar-refractivity contribution in [2.45, 2.75) is 25.2 Å². The van der Waals surface area contributed by atoms with Gasteiger partial charge in [0.25, 0.3) is 0 Å². The Morgan fingerprint density at radius 3 is 2.27 bits per heavy atom. The van der Waals surface area contributed by atoms with Crippen LogP contribution in [0.1, 0.15) is 36.3 Å². The second-order valence-electron chi connectivity index (χ2n) is 6.72. The van der Waals surface area contributed by atoms with Gasteiger partial charge in [0.05, 0.1) is 12.0 Å². The Kier molecular flexibility index (Phi) is 5.33. The Morgan fingerprint density at radius 2 is 1.69 bits per heavy atom. The number of carbonyl (C=O) groups excluding carboxylic acids is 1. The van der Waals surface area contributed by atoms with Crippen molar-refractivity contribution in [3.8, 4) is 6.07 Å². The van der Waals surface area contributed by atoms with Gasteiger partial charge in [0.1, 0.15) is 0 Å². The van der Waals surface area contributed by atoms with Crippen LogP contribution in [0.25, 0.3) is 0 Å². The first kappa shape index (κ1) is 17.7. The predicted molar refractivity (Wildman–Crippen MR) is 97.4 cm³/mol. The summed E-state index contributed by atoms with van der Waals surface area (Å²) in [5.41, 5.74) is 2.50. The maximum absolute atomic E-state index is 12.2. The molecule has 2 N–H and O–H groups in total. The van der Waals surface area contributed by atoms with Crippen molar-refractivity contribution in [1.82, 2.24) is 0 Å². The summed E-state index contributed by atoms with van der Waals surface area (Å²) < 4.78 is 0.